The van der Waals surface area contributed by atoms with Gasteiger partial charge in [0.05, 0.1) is 11.9 Å². The van der Waals surface area contributed by atoms with E-state index in [0.717, 1.165) is 44.5 Å². The highest BCUT2D eigenvalue weighted by Crippen LogP contribution is 2.21. The lowest BCUT2D eigenvalue weighted by atomic mass is 9.95. The van der Waals surface area contributed by atoms with Crippen LogP contribution in [0.25, 0.3) is 0 Å². The fourth-order valence-electron chi connectivity index (χ4n) is 2.46. The van der Waals surface area contributed by atoms with Crippen molar-refractivity contribution in [1.29, 1.82) is 0 Å². The van der Waals surface area contributed by atoms with Crippen molar-refractivity contribution in [1.82, 2.24) is 14.9 Å². The van der Waals surface area contributed by atoms with E-state index in [0.29, 0.717) is 11.1 Å². The highest BCUT2D eigenvalue weighted by molar-refractivity contribution is 6.29. The quantitative estimate of drug-likeness (QED) is 0.826. The molecule has 0 spiro atoms. The Morgan fingerprint density at radius 2 is 2.28 bits per heavy atom. The summed E-state index contributed by atoms with van der Waals surface area (Å²) in [5.41, 5.74) is 0.948. The van der Waals surface area contributed by atoms with Gasteiger partial charge in [0.15, 0.2) is 0 Å². The van der Waals surface area contributed by atoms with Crippen LogP contribution in [0.15, 0.2) is 12.4 Å². The molecule has 2 heterocycles. The van der Waals surface area contributed by atoms with Gasteiger partial charge in [-0.1, -0.05) is 11.6 Å². The van der Waals surface area contributed by atoms with Crippen molar-refractivity contribution in [2.45, 2.75) is 32.6 Å². The van der Waals surface area contributed by atoms with E-state index in [1.165, 1.54) is 0 Å². The van der Waals surface area contributed by atoms with Crippen LogP contribution < -0.4 is 0 Å². The van der Waals surface area contributed by atoms with E-state index in [-0.39, 0.29) is 5.91 Å². The summed E-state index contributed by atoms with van der Waals surface area (Å²) in [5, 5.41) is 0.450. The van der Waals surface area contributed by atoms with Gasteiger partial charge in [0.1, 0.15) is 5.15 Å². The first-order valence-electron chi connectivity index (χ1n) is 6.37. The summed E-state index contributed by atoms with van der Waals surface area (Å²) in [5.74, 6) is 0.750. The number of hydrogen-bond acceptors (Lipinski definition) is 3. The minimum Gasteiger partial charge on any atom is -0.343 e. The Morgan fingerprint density at radius 3 is 3.00 bits per heavy atom. The van der Waals surface area contributed by atoms with Gasteiger partial charge in [0.2, 0.25) is 5.91 Å². The zero-order valence-electron chi connectivity index (χ0n) is 10.6. The Balaban J connectivity index is 1.92. The lowest BCUT2D eigenvalue weighted by molar-refractivity contribution is -0.128. The number of amides is 1. The Kier molecular flexibility index (Phi) is 4.53. The molecule has 5 heteroatoms. The van der Waals surface area contributed by atoms with Crippen LogP contribution in [0.3, 0.4) is 0 Å². The number of rotatable bonds is 2. The predicted octanol–water partition coefficient (Wildman–Crippen LogP) is 2.32. The van der Waals surface area contributed by atoms with Gasteiger partial charge in [-0.15, -0.1) is 0 Å². The van der Waals surface area contributed by atoms with E-state index in [4.69, 9.17) is 11.6 Å². The molecule has 4 nitrogen and oxygen atoms in total. The summed E-state index contributed by atoms with van der Waals surface area (Å²) in [7, 11) is 0. The van der Waals surface area contributed by atoms with E-state index in [1.54, 1.807) is 19.3 Å². The molecule has 0 N–H and O–H groups in total. The number of carbonyl (C=O) groups excluding carboxylic acids is 1. The molecule has 0 aliphatic carbocycles. The zero-order valence-corrected chi connectivity index (χ0v) is 11.4. The molecule has 1 aliphatic heterocycles. The monoisotopic (exact) mass is 267 g/mol. The molecule has 1 atom stereocenters. The minimum absolute atomic E-state index is 0.179. The van der Waals surface area contributed by atoms with Crippen molar-refractivity contribution in [3.05, 3.63) is 23.2 Å². The van der Waals surface area contributed by atoms with Crippen molar-refractivity contribution in [3.8, 4) is 0 Å². The molecule has 98 valence electrons. The summed E-state index contributed by atoms with van der Waals surface area (Å²) in [6.45, 7) is 3.38. The normalized spacial score (nSPS) is 20.6. The molecule has 1 aromatic heterocycles. The SMILES string of the molecule is CC(=O)N1CCCC(Cc2cncc(Cl)n2)CC1. The van der Waals surface area contributed by atoms with Crippen LogP contribution in [0.5, 0.6) is 0 Å². The van der Waals surface area contributed by atoms with Gasteiger partial charge in [-0.05, 0) is 31.6 Å². The molecule has 1 unspecified atom stereocenters. The average molecular weight is 268 g/mol. The van der Waals surface area contributed by atoms with Gasteiger partial charge in [-0.25, -0.2) is 4.98 Å². The van der Waals surface area contributed by atoms with Crippen molar-refractivity contribution in [3.63, 3.8) is 0 Å². The largest absolute Gasteiger partial charge is 0.343 e. The van der Waals surface area contributed by atoms with Crippen LogP contribution in [-0.4, -0.2) is 33.9 Å². The molecular weight excluding hydrogens is 250 g/mol. The van der Waals surface area contributed by atoms with Crippen molar-refractivity contribution < 1.29 is 4.79 Å². The maximum Gasteiger partial charge on any atom is 0.219 e. The smallest absolute Gasteiger partial charge is 0.219 e. The topological polar surface area (TPSA) is 46.1 Å². The van der Waals surface area contributed by atoms with E-state index in [9.17, 15) is 4.79 Å². The second-order valence-corrected chi connectivity index (χ2v) is 5.23. The molecule has 0 saturated carbocycles. The van der Waals surface area contributed by atoms with E-state index in [2.05, 4.69) is 9.97 Å². The summed E-state index contributed by atoms with van der Waals surface area (Å²) < 4.78 is 0. The third-order valence-corrected chi connectivity index (χ3v) is 3.63. The van der Waals surface area contributed by atoms with Crippen molar-refractivity contribution in [2.24, 2.45) is 5.92 Å². The van der Waals surface area contributed by atoms with Gasteiger partial charge in [0.25, 0.3) is 0 Å². The Bertz CT molecular complexity index is 424. The highest BCUT2D eigenvalue weighted by Gasteiger charge is 2.19. The highest BCUT2D eigenvalue weighted by atomic mass is 35.5. The number of carbonyl (C=O) groups is 1. The number of hydrogen-bond donors (Lipinski definition) is 0. The van der Waals surface area contributed by atoms with Crippen LogP contribution >= 0.6 is 11.6 Å². The summed E-state index contributed by atoms with van der Waals surface area (Å²) in [4.78, 5) is 21.6. The average Bonchev–Trinajstić information content (AvgIpc) is 2.55. The molecule has 1 aliphatic rings. The number of halogens is 1. The molecule has 1 aromatic rings. The van der Waals surface area contributed by atoms with Gasteiger partial charge >= 0.3 is 0 Å². The van der Waals surface area contributed by atoms with E-state index >= 15 is 0 Å². The maximum absolute atomic E-state index is 11.3. The van der Waals surface area contributed by atoms with Crippen LogP contribution in [0.2, 0.25) is 5.15 Å². The number of nitrogens with zero attached hydrogens (tertiary/aromatic N) is 3. The van der Waals surface area contributed by atoms with Gasteiger partial charge in [-0.2, -0.15) is 0 Å². The zero-order chi connectivity index (χ0) is 13.0. The van der Waals surface area contributed by atoms with Crippen molar-refractivity contribution in [2.75, 3.05) is 13.1 Å². The Morgan fingerprint density at radius 1 is 1.44 bits per heavy atom. The third kappa shape index (κ3) is 3.67. The first-order chi connectivity index (χ1) is 8.65. The third-order valence-electron chi connectivity index (χ3n) is 3.45. The van der Waals surface area contributed by atoms with Crippen LogP contribution in [0.4, 0.5) is 0 Å². The first kappa shape index (κ1) is 13.3. The van der Waals surface area contributed by atoms with Crippen LogP contribution in [0.1, 0.15) is 31.9 Å². The molecule has 2 rings (SSSR count). The first-order valence-corrected chi connectivity index (χ1v) is 6.75. The van der Waals surface area contributed by atoms with E-state index < -0.39 is 0 Å². The second-order valence-electron chi connectivity index (χ2n) is 4.84. The minimum atomic E-state index is 0.179. The number of aromatic nitrogens is 2. The molecule has 1 amide bonds. The lowest BCUT2D eigenvalue weighted by Crippen LogP contribution is -2.29. The summed E-state index contributed by atoms with van der Waals surface area (Å²) in [6, 6.07) is 0. The molecular formula is C13H18ClN3O. The maximum atomic E-state index is 11.3. The molecule has 0 aromatic carbocycles. The fourth-order valence-corrected chi connectivity index (χ4v) is 2.62. The second kappa shape index (κ2) is 6.14. The van der Waals surface area contributed by atoms with Crippen LogP contribution in [-0.2, 0) is 11.2 Å². The Labute approximate surface area is 112 Å². The lowest BCUT2D eigenvalue weighted by Gasteiger charge is -2.18. The molecule has 1 saturated heterocycles. The van der Waals surface area contributed by atoms with Gasteiger partial charge in [-0.3, -0.25) is 9.78 Å². The predicted molar refractivity (Wildman–Crippen MR) is 70.3 cm³/mol. The van der Waals surface area contributed by atoms with E-state index in [1.807, 2.05) is 4.90 Å². The van der Waals surface area contributed by atoms with Gasteiger partial charge in [0, 0.05) is 26.2 Å². The standard InChI is InChI=1S/C13H18ClN3O/c1-10(18)17-5-2-3-11(4-6-17)7-12-8-15-9-13(14)16-12/h8-9,11H,2-7H2,1H3. The summed E-state index contributed by atoms with van der Waals surface area (Å²) in [6.07, 6.45) is 7.47. The van der Waals surface area contributed by atoms with Crippen LogP contribution in [0, 0.1) is 5.92 Å². The number of likely N-dealkylation sites (tertiary alicyclic amines) is 1. The molecule has 0 radical (unpaired) electrons. The fraction of sp³-hybridized carbons (Fsp3) is 0.615. The molecule has 0 bridgehead atoms. The molecule has 18 heavy (non-hydrogen) atoms. The summed E-state index contributed by atoms with van der Waals surface area (Å²) >= 11 is 5.83. The van der Waals surface area contributed by atoms with Gasteiger partial charge < -0.3 is 4.90 Å². The molecule has 1 fully saturated rings. The van der Waals surface area contributed by atoms with Crippen molar-refractivity contribution >= 4 is 17.5 Å². The Hall–Kier alpha value is -1.16.